The van der Waals surface area contributed by atoms with E-state index >= 15 is 0 Å². The fraction of sp³-hybridized carbons (Fsp3) is 0.647. The zero-order chi connectivity index (χ0) is 14.3. The van der Waals surface area contributed by atoms with Gasteiger partial charge in [-0.15, -0.1) is 0 Å². The first-order valence-corrected chi connectivity index (χ1v) is 6.82. The van der Waals surface area contributed by atoms with Gasteiger partial charge in [0.25, 0.3) is 0 Å². The lowest BCUT2D eigenvalue weighted by Crippen LogP contribution is -2.17. The van der Waals surface area contributed by atoms with Crippen LogP contribution >= 0.6 is 0 Å². The molecule has 0 aromatic heterocycles. The molecule has 0 heterocycles. The molecular formula is C17H28O. The van der Waals surface area contributed by atoms with Crippen molar-refractivity contribution in [3.05, 3.63) is 28.8 Å². The number of hydrogen-bond donors (Lipinski definition) is 1. The fourth-order valence-corrected chi connectivity index (χ4v) is 2.10. The van der Waals surface area contributed by atoms with E-state index in [1.54, 1.807) is 0 Å². The monoisotopic (exact) mass is 248 g/mol. The highest BCUT2D eigenvalue weighted by atomic mass is 16.3. The number of phenolic OH excluding ortho intramolecular Hbond substituents is 1. The van der Waals surface area contributed by atoms with Crippen LogP contribution in [0.1, 0.15) is 78.0 Å². The average molecular weight is 248 g/mol. The van der Waals surface area contributed by atoms with Gasteiger partial charge in [0.2, 0.25) is 0 Å². The Morgan fingerprint density at radius 3 is 1.72 bits per heavy atom. The number of rotatable bonds is 1. The molecule has 0 fully saturated rings. The Kier molecular flexibility index (Phi) is 3.86. The number of phenols is 1. The molecule has 0 aliphatic heterocycles. The standard InChI is InChI=1S/C17H28O/c1-11(2)13-9-12(16(3,4)5)10-14(15(13)18)17(6,7)8/h9-11,18H,1-8H3. The molecule has 0 spiro atoms. The summed E-state index contributed by atoms with van der Waals surface area (Å²) in [5.74, 6) is 0.818. The van der Waals surface area contributed by atoms with E-state index in [1.165, 1.54) is 5.56 Å². The Morgan fingerprint density at radius 2 is 1.39 bits per heavy atom. The first-order chi connectivity index (χ1) is 7.94. The molecule has 102 valence electrons. The third-order valence-electron chi connectivity index (χ3n) is 3.44. The zero-order valence-corrected chi connectivity index (χ0v) is 13.2. The molecule has 1 nitrogen and oxygen atoms in total. The third kappa shape index (κ3) is 3.07. The molecular weight excluding hydrogens is 220 g/mol. The van der Waals surface area contributed by atoms with Crippen molar-refractivity contribution in [2.75, 3.05) is 0 Å². The van der Waals surface area contributed by atoms with Gasteiger partial charge in [-0.2, -0.15) is 0 Å². The molecule has 1 aromatic carbocycles. The minimum atomic E-state index is -0.0328. The summed E-state index contributed by atoms with van der Waals surface area (Å²) in [7, 11) is 0. The van der Waals surface area contributed by atoms with E-state index in [9.17, 15) is 5.11 Å². The van der Waals surface area contributed by atoms with Gasteiger partial charge in [0.15, 0.2) is 0 Å². The molecule has 1 N–H and O–H groups in total. The van der Waals surface area contributed by atoms with Crippen LogP contribution in [-0.4, -0.2) is 5.11 Å². The fourth-order valence-electron chi connectivity index (χ4n) is 2.10. The second kappa shape index (κ2) is 4.60. The van der Waals surface area contributed by atoms with Crippen LogP contribution in [0.3, 0.4) is 0 Å². The average Bonchev–Trinajstić information content (AvgIpc) is 2.13. The van der Waals surface area contributed by atoms with Gasteiger partial charge in [0, 0.05) is 0 Å². The normalized spacial score (nSPS) is 13.2. The first kappa shape index (κ1) is 15.1. The largest absolute Gasteiger partial charge is 0.507 e. The molecule has 0 bridgehead atoms. The van der Waals surface area contributed by atoms with Gasteiger partial charge in [-0.3, -0.25) is 0 Å². The highest BCUT2D eigenvalue weighted by Crippen LogP contribution is 2.40. The lowest BCUT2D eigenvalue weighted by Gasteiger charge is -2.28. The van der Waals surface area contributed by atoms with Gasteiger partial charge in [-0.1, -0.05) is 67.5 Å². The van der Waals surface area contributed by atoms with Gasteiger partial charge < -0.3 is 5.11 Å². The van der Waals surface area contributed by atoms with E-state index in [0.29, 0.717) is 11.7 Å². The van der Waals surface area contributed by atoms with Crippen LogP contribution in [0.2, 0.25) is 0 Å². The minimum Gasteiger partial charge on any atom is -0.507 e. The molecule has 0 amide bonds. The summed E-state index contributed by atoms with van der Waals surface area (Å²) >= 11 is 0. The van der Waals surface area contributed by atoms with Gasteiger partial charge in [0.05, 0.1) is 0 Å². The van der Waals surface area contributed by atoms with E-state index in [4.69, 9.17) is 0 Å². The van der Waals surface area contributed by atoms with E-state index in [0.717, 1.165) is 11.1 Å². The maximum atomic E-state index is 10.5. The molecule has 0 radical (unpaired) electrons. The molecule has 0 aliphatic rings. The van der Waals surface area contributed by atoms with Gasteiger partial charge in [-0.25, -0.2) is 0 Å². The second-order valence-electron chi connectivity index (χ2n) is 7.62. The molecule has 1 heteroatoms. The van der Waals surface area contributed by atoms with Crippen molar-refractivity contribution < 1.29 is 5.11 Å². The molecule has 0 aliphatic carbocycles. The summed E-state index contributed by atoms with van der Waals surface area (Å²) in [5.41, 5.74) is 3.49. The molecule has 1 rings (SSSR count). The van der Waals surface area contributed by atoms with Crippen LogP contribution in [0.25, 0.3) is 0 Å². The van der Waals surface area contributed by atoms with Gasteiger partial charge in [-0.05, 0) is 33.4 Å². The van der Waals surface area contributed by atoms with Crippen LogP contribution in [0.5, 0.6) is 5.75 Å². The molecule has 18 heavy (non-hydrogen) atoms. The smallest absolute Gasteiger partial charge is 0.122 e. The molecule has 0 unspecified atom stereocenters. The third-order valence-corrected chi connectivity index (χ3v) is 3.44. The van der Waals surface area contributed by atoms with Crippen LogP contribution in [-0.2, 0) is 10.8 Å². The number of benzene rings is 1. The zero-order valence-electron chi connectivity index (χ0n) is 13.2. The lowest BCUT2D eigenvalue weighted by molar-refractivity contribution is 0.435. The lowest BCUT2D eigenvalue weighted by atomic mass is 9.77. The first-order valence-electron chi connectivity index (χ1n) is 6.82. The minimum absolute atomic E-state index is 0.0328. The summed E-state index contributed by atoms with van der Waals surface area (Å²) < 4.78 is 0. The summed E-state index contributed by atoms with van der Waals surface area (Å²) in [6.45, 7) is 17.4. The van der Waals surface area contributed by atoms with Crippen LogP contribution in [0.4, 0.5) is 0 Å². The van der Waals surface area contributed by atoms with Crippen molar-refractivity contribution in [3.8, 4) is 5.75 Å². The Labute approximate surface area is 112 Å². The summed E-state index contributed by atoms with van der Waals surface area (Å²) in [4.78, 5) is 0. The number of aromatic hydroxyl groups is 1. The van der Waals surface area contributed by atoms with E-state index in [-0.39, 0.29) is 10.8 Å². The van der Waals surface area contributed by atoms with Crippen molar-refractivity contribution in [2.45, 2.75) is 72.1 Å². The van der Waals surface area contributed by atoms with Gasteiger partial charge in [0.1, 0.15) is 5.75 Å². The Balaban J connectivity index is 3.58. The van der Waals surface area contributed by atoms with Crippen molar-refractivity contribution in [1.29, 1.82) is 0 Å². The Hall–Kier alpha value is -0.980. The SMILES string of the molecule is CC(C)c1cc(C(C)(C)C)cc(C(C)(C)C)c1O. The topological polar surface area (TPSA) is 20.2 Å². The van der Waals surface area contributed by atoms with E-state index in [2.05, 4.69) is 67.5 Å². The van der Waals surface area contributed by atoms with E-state index in [1.807, 2.05) is 0 Å². The highest BCUT2D eigenvalue weighted by Gasteiger charge is 2.25. The molecule has 1 aromatic rings. The van der Waals surface area contributed by atoms with Crippen molar-refractivity contribution >= 4 is 0 Å². The quantitative estimate of drug-likeness (QED) is 0.732. The Morgan fingerprint density at radius 1 is 0.889 bits per heavy atom. The summed E-state index contributed by atoms with van der Waals surface area (Å²) in [6, 6.07) is 4.33. The summed E-state index contributed by atoms with van der Waals surface area (Å²) in [6.07, 6.45) is 0. The second-order valence-corrected chi connectivity index (χ2v) is 7.62. The summed E-state index contributed by atoms with van der Waals surface area (Å²) in [5, 5.41) is 10.5. The molecule has 0 saturated heterocycles. The highest BCUT2D eigenvalue weighted by molar-refractivity contribution is 5.49. The molecule has 0 atom stereocenters. The predicted octanol–water partition coefficient (Wildman–Crippen LogP) is 5.11. The van der Waals surface area contributed by atoms with Gasteiger partial charge >= 0.3 is 0 Å². The van der Waals surface area contributed by atoms with Crippen LogP contribution < -0.4 is 0 Å². The Bertz CT molecular complexity index is 428. The predicted molar refractivity (Wildman–Crippen MR) is 79.6 cm³/mol. The molecule has 0 saturated carbocycles. The van der Waals surface area contributed by atoms with Crippen LogP contribution in [0, 0.1) is 0 Å². The van der Waals surface area contributed by atoms with Crippen LogP contribution in [0.15, 0.2) is 12.1 Å². The van der Waals surface area contributed by atoms with Crippen molar-refractivity contribution in [2.24, 2.45) is 0 Å². The van der Waals surface area contributed by atoms with E-state index < -0.39 is 0 Å². The maximum absolute atomic E-state index is 10.5. The maximum Gasteiger partial charge on any atom is 0.122 e. The van der Waals surface area contributed by atoms with Crippen molar-refractivity contribution in [3.63, 3.8) is 0 Å². The number of hydrogen-bond acceptors (Lipinski definition) is 1. The van der Waals surface area contributed by atoms with Crippen molar-refractivity contribution in [1.82, 2.24) is 0 Å².